The van der Waals surface area contributed by atoms with Crippen molar-refractivity contribution in [3.63, 3.8) is 0 Å². The molecule has 0 N–H and O–H groups in total. The summed E-state index contributed by atoms with van der Waals surface area (Å²) < 4.78 is 6.94. The predicted molar refractivity (Wildman–Crippen MR) is 93.6 cm³/mol. The molecule has 1 aromatic heterocycles. The van der Waals surface area contributed by atoms with Crippen LogP contribution in [0.2, 0.25) is 0 Å². The van der Waals surface area contributed by atoms with Gasteiger partial charge < -0.3 is 4.74 Å². The summed E-state index contributed by atoms with van der Waals surface area (Å²) in [4.78, 5) is 4.67. The number of ether oxygens (including phenoxy) is 1. The molecule has 0 amide bonds. The Morgan fingerprint density at radius 3 is 2.57 bits per heavy atom. The maximum atomic E-state index is 5.72. The van der Waals surface area contributed by atoms with Crippen LogP contribution >= 0.6 is 27.3 Å². The van der Waals surface area contributed by atoms with Gasteiger partial charge in [-0.2, -0.15) is 0 Å². The first kappa shape index (κ1) is 14.5. The Labute approximate surface area is 136 Å². The van der Waals surface area contributed by atoms with E-state index in [9.17, 15) is 0 Å². The molecule has 0 saturated carbocycles. The highest BCUT2D eigenvalue weighted by Gasteiger charge is 2.05. The average Bonchev–Trinajstić information content (AvgIpc) is 2.96. The molecule has 2 nitrogen and oxygen atoms in total. The molecule has 0 aliphatic carbocycles. The first-order valence-electron chi connectivity index (χ1n) is 7.01. The van der Waals surface area contributed by atoms with E-state index in [1.165, 1.54) is 4.70 Å². The fraction of sp³-hybridized carbons (Fsp3) is 0.235. The van der Waals surface area contributed by atoms with E-state index in [0.29, 0.717) is 0 Å². The number of unbranched alkanes of at least 4 members (excludes halogenated alkanes) is 1. The van der Waals surface area contributed by atoms with E-state index in [2.05, 4.69) is 45.2 Å². The largest absolute Gasteiger partial charge is 0.494 e. The Morgan fingerprint density at radius 2 is 1.81 bits per heavy atom. The van der Waals surface area contributed by atoms with Crippen LogP contribution in [-0.2, 0) is 0 Å². The Balaban J connectivity index is 1.71. The van der Waals surface area contributed by atoms with Gasteiger partial charge in [-0.1, -0.05) is 28.1 Å². The standard InChI is InChI=1S/C17H16BrNOS/c18-11-3-4-12-20-14-9-7-13(8-10-14)17-19-15-5-1-2-6-16(15)21-17/h1-2,5-10H,3-4,11-12H2. The van der Waals surface area contributed by atoms with Gasteiger partial charge in [0.1, 0.15) is 10.8 Å². The molecule has 0 aliphatic rings. The SMILES string of the molecule is BrCCCCOc1ccc(-c2nc3ccccc3s2)cc1. The van der Waals surface area contributed by atoms with Crippen LogP contribution in [0.3, 0.4) is 0 Å². The lowest BCUT2D eigenvalue weighted by atomic mass is 10.2. The number of benzene rings is 2. The quantitative estimate of drug-likeness (QED) is 0.426. The van der Waals surface area contributed by atoms with Gasteiger partial charge in [-0.3, -0.25) is 0 Å². The van der Waals surface area contributed by atoms with Gasteiger partial charge in [-0.25, -0.2) is 4.98 Å². The van der Waals surface area contributed by atoms with E-state index < -0.39 is 0 Å². The Morgan fingerprint density at radius 1 is 1.00 bits per heavy atom. The monoisotopic (exact) mass is 361 g/mol. The molecule has 21 heavy (non-hydrogen) atoms. The van der Waals surface area contributed by atoms with E-state index in [4.69, 9.17) is 4.74 Å². The molecule has 0 aliphatic heterocycles. The molecule has 4 heteroatoms. The van der Waals surface area contributed by atoms with Crippen LogP contribution in [0.15, 0.2) is 48.5 Å². The molecule has 0 atom stereocenters. The number of halogens is 1. The number of hydrogen-bond acceptors (Lipinski definition) is 3. The third-order valence-corrected chi connectivity index (χ3v) is 4.84. The fourth-order valence-electron chi connectivity index (χ4n) is 2.08. The first-order valence-corrected chi connectivity index (χ1v) is 8.95. The summed E-state index contributed by atoms with van der Waals surface area (Å²) in [5.41, 5.74) is 2.21. The van der Waals surface area contributed by atoms with Crippen LogP contribution in [0.1, 0.15) is 12.8 Å². The van der Waals surface area contributed by atoms with Crippen molar-refractivity contribution in [1.82, 2.24) is 4.98 Å². The number of rotatable bonds is 6. The third-order valence-electron chi connectivity index (χ3n) is 3.19. The zero-order valence-electron chi connectivity index (χ0n) is 11.6. The maximum absolute atomic E-state index is 5.72. The number of alkyl halides is 1. The van der Waals surface area contributed by atoms with Crippen molar-refractivity contribution in [2.24, 2.45) is 0 Å². The molecule has 3 aromatic rings. The average molecular weight is 362 g/mol. The summed E-state index contributed by atoms with van der Waals surface area (Å²) in [7, 11) is 0. The molecule has 0 saturated heterocycles. The lowest BCUT2D eigenvalue weighted by Gasteiger charge is -2.05. The molecule has 2 aromatic carbocycles. The number of para-hydroxylation sites is 1. The van der Waals surface area contributed by atoms with Gasteiger partial charge in [0.2, 0.25) is 0 Å². The molecule has 0 spiro atoms. The van der Waals surface area contributed by atoms with Gasteiger partial charge in [0.15, 0.2) is 0 Å². The maximum Gasteiger partial charge on any atom is 0.124 e. The Kier molecular flexibility index (Phi) is 4.88. The molecular formula is C17H16BrNOS. The second kappa shape index (κ2) is 7.05. The van der Waals surface area contributed by atoms with Crippen LogP contribution in [0.25, 0.3) is 20.8 Å². The molecule has 3 rings (SSSR count). The van der Waals surface area contributed by atoms with E-state index in [-0.39, 0.29) is 0 Å². The molecular weight excluding hydrogens is 346 g/mol. The first-order chi connectivity index (χ1) is 10.4. The number of thiazole rings is 1. The van der Waals surface area contributed by atoms with Crippen LogP contribution in [0.4, 0.5) is 0 Å². The number of hydrogen-bond donors (Lipinski definition) is 0. The van der Waals surface area contributed by atoms with Gasteiger partial charge in [0.05, 0.1) is 16.8 Å². The van der Waals surface area contributed by atoms with Crippen molar-refractivity contribution in [1.29, 1.82) is 0 Å². The molecule has 0 radical (unpaired) electrons. The molecule has 1 heterocycles. The minimum atomic E-state index is 0.770. The van der Waals surface area contributed by atoms with E-state index in [1.54, 1.807) is 11.3 Å². The predicted octanol–water partition coefficient (Wildman–Crippen LogP) is 5.52. The minimum absolute atomic E-state index is 0.770. The molecule has 0 unspecified atom stereocenters. The summed E-state index contributed by atoms with van der Waals surface area (Å²) in [6, 6.07) is 16.4. The molecule has 0 bridgehead atoms. The Hall–Kier alpha value is -1.39. The molecule has 0 fully saturated rings. The van der Waals surface area contributed by atoms with Crippen LogP contribution < -0.4 is 4.74 Å². The number of fused-ring (bicyclic) bond motifs is 1. The highest BCUT2D eigenvalue weighted by atomic mass is 79.9. The summed E-state index contributed by atoms with van der Waals surface area (Å²) in [6.45, 7) is 0.770. The highest BCUT2D eigenvalue weighted by molar-refractivity contribution is 9.09. The number of nitrogens with zero attached hydrogens (tertiary/aromatic N) is 1. The van der Waals surface area contributed by atoms with Crippen molar-refractivity contribution in [2.75, 3.05) is 11.9 Å². The van der Waals surface area contributed by atoms with Gasteiger partial charge >= 0.3 is 0 Å². The zero-order valence-corrected chi connectivity index (χ0v) is 14.0. The third kappa shape index (κ3) is 3.63. The van der Waals surface area contributed by atoms with Gasteiger partial charge in [0, 0.05) is 10.9 Å². The zero-order chi connectivity index (χ0) is 14.5. The molecule has 108 valence electrons. The van der Waals surface area contributed by atoms with Gasteiger partial charge in [-0.15, -0.1) is 11.3 Å². The van der Waals surface area contributed by atoms with Gasteiger partial charge in [-0.05, 0) is 49.2 Å². The summed E-state index contributed by atoms with van der Waals surface area (Å²) in [6.07, 6.45) is 2.22. The van der Waals surface area contributed by atoms with Crippen molar-refractivity contribution in [3.05, 3.63) is 48.5 Å². The van der Waals surface area contributed by atoms with E-state index in [1.807, 2.05) is 24.3 Å². The number of aromatic nitrogens is 1. The Bertz CT molecular complexity index is 675. The normalized spacial score (nSPS) is 10.9. The van der Waals surface area contributed by atoms with Crippen LogP contribution in [0.5, 0.6) is 5.75 Å². The lowest BCUT2D eigenvalue weighted by molar-refractivity contribution is 0.310. The second-order valence-corrected chi connectivity index (χ2v) is 6.58. The summed E-state index contributed by atoms with van der Waals surface area (Å²) in [5, 5.41) is 2.09. The minimum Gasteiger partial charge on any atom is -0.494 e. The van der Waals surface area contributed by atoms with Crippen molar-refractivity contribution < 1.29 is 4.74 Å². The van der Waals surface area contributed by atoms with Crippen LogP contribution in [0, 0.1) is 0 Å². The van der Waals surface area contributed by atoms with Crippen molar-refractivity contribution >= 4 is 37.5 Å². The van der Waals surface area contributed by atoms with E-state index >= 15 is 0 Å². The van der Waals surface area contributed by atoms with Crippen LogP contribution in [-0.4, -0.2) is 16.9 Å². The smallest absolute Gasteiger partial charge is 0.124 e. The summed E-state index contributed by atoms with van der Waals surface area (Å²) in [5.74, 6) is 0.925. The summed E-state index contributed by atoms with van der Waals surface area (Å²) >= 11 is 5.15. The van der Waals surface area contributed by atoms with Gasteiger partial charge in [0.25, 0.3) is 0 Å². The van der Waals surface area contributed by atoms with Crippen molar-refractivity contribution in [3.8, 4) is 16.3 Å². The second-order valence-electron chi connectivity index (χ2n) is 4.76. The van der Waals surface area contributed by atoms with Crippen molar-refractivity contribution in [2.45, 2.75) is 12.8 Å². The topological polar surface area (TPSA) is 22.1 Å². The highest BCUT2D eigenvalue weighted by Crippen LogP contribution is 2.30. The lowest BCUT2D eigenvalue weighted by Crippen LogP contribution is -1.97. The van der Waals surface area contributed by atoms with E-state index in [0.717, 1.165) is 46.6 Å². The fourth-order valence-corrected chi connectivity index (χ4v) is 3.44.